The lowest BCUT2D eigenvalue weighted by molar-refractivity contribution is 0.656. The Bertz CT molecular complexity index is 645. The largest absolute Gasteiger partial charge is 0.384 e. The SMILES string of the molecule is N=C(N)c1ccc(-n2cnc3c2CCCC3)c(Cl)c1. The Kier molecular flexibility index (Phi) is 3.03. The fourth-order valence-corrected chi connectivity index (χ4v) is 2.82. The summed E-state index contributed by atoms with van der Waals surface area (Å²) in [5.41, 5.74) is 9.45. The normalized spacial score (nSPS) is 14.2. The van der Waals surface area contributed by atoms with Crippen molar-refractivity contribution in [1.29, 1.82) is 5.41 Å². The van der Waals surface area contributed by atoms with E-state index >= 15 is 0 Å². The highest BCUT2D eigenvalue weighted by Gasteiger charge is 2.17. The molecule has 2 aromatic rings. The number of fused-ring (bicyclic) bond motifs is 1. The van der Waals surface area contributed by atoms with E-state index in [9.17, 15) is 0 Å². The minimum absolute atomic E-state index is 0.0288. The van der Waals surface area contributed by atoms with Crippen LogP contribution in [0.3, 0.4) is 0 Å². The number of nitrogens with two attached hydrogens (primary N) is 1. The van der Waals surface area contributed by atoms with Crippen molar-refractivity contribution in [3.8, 4) is 5.69 Å². The molecule has 0 atom stereocenters. The van der Waals surface area contributed by atoms with Gasteiger partial charge in [0.2, 0.25) is 0 Å². The minimum atomic E-state index is 0.0288. The van der Waals surface area contributed by atoms with Gasteiger partial charge in [0.1, 0.15) is 5.84 Å². The zero-order valence-corrected chi connectivity index (χ0v) is 11.2. The lowest BCUT2D eigenvalue weighted by Gasteiger charge is -2.15. The maximum absolute atomic E-state index is 7.43. The van der Waals surface area contributed by atoms with Gasteiger partial charge in [-0.2, -0.15) is 0 Å². The maximum Gasteiger partial charge on any atom is 0.122 e. The topological polar surface area (TPSA) is 67.7 Å². The average molecular weight is 275 g/mol. The number of nitrogens with one attached hydrogen (secondary N) is 1. The third-order valence-electron chi connectivity index (χ3n) is 3.55. The summed E-state index contributed by atoms with van der Waals surface area (Å²) in [6.07, 6.45) is 6.33. The number of rotatable bonds is 2. The minimum Gasteiger partial charge on any atom is -0.384 e. The van der Waals surface area contributed by atoms with Crippen LogP contribution in [0.25, 0.3) is 5.69 Å². The summed E-state index contributed by atoms with van der Waals surface area (Å²) >= 11 is 6.31. The van der Waals surface area contributed by atoms with Gasteiger partial charge in [-0.25, -0.2) is 4.98 Å². The second kappa shape index (κ2) is 4.70. The number of hydrogen-bond acceptors (Lipinski definition) is 2. The predicted octanol–water partition coefficient (Wildman–Crippen LogP) is 2.69. The first kappa shape index (κ1) is 12.2. The first-order valence-corrected chi connectivity index (χ1v) is 6.74. The molecule has 3 rings (SSSR count). The molecule has 4 nitrogen and oxygen atoms in total. The lowest BCUT2D eigenvalue weighted by Crippen LogP contribution is -2.12. The second-order valence-corrected chi connectivity index (χ2v) is 5.20. The van der Waals surface area contributed by atoms with Gasteiger partial charge in [-0.3, -0.25) is 5.41 Å². The molecule has 19 heavy (non-hydrogen) atoms. The smallest absolute Gasteiger partial charge is 0.122 e. The zero-order chi connectivity index (χ0) is 13.4. The zero-order valence-electron chi connectivity index (χ0n) is 10.5. The van der Waals surface area contributed by atoms with Crippen molar-refractivity contribution in [2.24, 2.45) is 5.73 Å². The summed E-state index contributed by atoms with van der Waals surface area (Å²) < 4.78 is 2.06. The van der Waals surface area contributed by atoms with E-state index in [4.69, 9.17) is 22.7 Å². The Morgan fingerprint density at radius 2 is 2.11 bits per heavy atom. The van der Waals surface area contributed by atoms with Gasteiger partial charge in [0, 0.05) is 11.3 Å². The molecule has 0 unspecified atom stereocenters. The van der Waals surface area contributed by atoms with E-state index in [1.54, 1.807) is 6.07 Å². The highest BCUT2D eigenvalue weighted by molar-refractivity contribution is 6.32. The predicted molar refractivity (Wildman–Crippen MR) is 76.2 cm³/mol. The molecule has 0 bridgehead atoms. The summed E-state index contributed by atoms with van der Waals surface area (Å²) in [5.74, 6) is 0.0288. The summed E-state index contributed by atoms with van der Waals surface area (Å²) in [4.78, 5) is 4.47. The molecule has 0 spiro atoms. The Morgan fingerprint density at radius 1 is 1.32 bits per heavy atom. The van der Waals surface area contributed by atoms with Crippen LogP contribution < -0.4 is 5.73 Å². The van der Waals surface area contributed by atoms with Crippen LogP contribution in [-0.2, 0) is 12.8 Å². The van der Waals surface area contributed by atoms with Crippen molar-refractivity contribution in [1.82, 2.24) is 9.55 Å². The lowest BCUT2D eigenvalue weighted by atomic mass is 10.0. The van der Waals surface area contributed by atoms with E-state index in [2.05, 4.69) is 9.55 Å². The van der Waals surface area contributed by atoms with Crippen LogP contribution in [0.2, 0.25) is 5.02 Å². The quantitative estimate of drug-likeness (QED) is 0.653. The third-order valence-corrected chi connectivity index (χ3v) is 3.85. The van der Waals surface area contributed by atoms with Gasteiger partial charge in [-0.05, 0) is 43.9 Å². The molecule has 5 heteroatoms. The Morgan fingerprint density at radius 3 is 2.84 bits per heavy atom. The maximum atomic E-state index is 7.43. The number of nitrogens with zero attached hydrogens (tertiary/aromatic N) is 2. The molecular formula is C14H15ClN4. The van der Waals surface area contributed by atoms with Crippen LogP contribution in [0, 0.1) is 5.41 Å². The summed E-state index contributed by atoms with van der Waals surface area (Å²) in [6.45, 7) is 0. The molecule has 98 valence electrons. The number of benzene rings is 1. The molecule has 0 radical (unpaired) electrons. The van der Waals surface area contributed by atoms with Crippen molar-refractivity contribution in [3.05, 3.63) is 46.5 Å². The van der Waals surface area contributed by atoms with Crippen molar-refractivity contribution in [2.75, 3.05) is 0 Å². The fourth-order valence-electron chi connectivity index (χ4n) is 2.55. The molecule has 1 aromatic carbocycles. The van der Waals surface area contributed by atoms with Crippen LogP contribution in [0.4, 0.5) is 0 Å². The van der Waals surface area contributed by atoms with Crippen LogP contribution in [0.1, 0.15) is 29.8 Å². The molecule has 0 saturated heterocycles. The number of halogens is 1. The van der Waals surface area contributed by atoms with E-state index in [0.717, 1.165) is 18.5 Å². The molecule has 0 saturated carbocycles. The standard InChI is InChI=1S/C14H15ClN4/c15-10-7-9(14(16)17)5-6-12(10)19-8-18-11-3-1-2-4-13(11)19/h5-8H,1-4H2,(H3,16,17). The summed E-state index contributed by atoms with van der Waals surface area (Å²) in [5, 5.41) is 8.02. The van der Waals surface area contributed by atoms with Crippen LogP contribution >= 0.6 is 11.6 Å². The number of nitrogen functional groups attached to an aromatic ring is 1. The van der Waals surface area contributed by atoms with Gasteiger partial charge in [0.25, 0.3) is 0 Å². The van der Waals surface area contributed by atoms with Gasteiger partial charge in [-0.1, -0.05) is 11.6 Å². The van der Waals surface area contributed by atoms with Gasteiger partial charge in [0.05, 0.1) is 22.7 Å². The van der Waals surface area contributed by atoms with Gasteiger partial charge in [0.15, 0.2) is 0 Å². The van der Waals surface area contributed by atoms with Gasteiger partial charge >= 0.3 is 0 Å². The summed E-state index contributed by atoms with van der Waals surface area (Å²) in [7, 11) is 0. The van der Waals surface area contributed by atoms with Crippen LogP contribution in [0.15, 0.2) is 24.5 Å². The van der Waals surface area contributed by atoms with E-state index in [0.29, 0.717) is 10.6 Å². The van der Waals surface area contributed by atoms with Crippen molar-refractivity contribution < 1.29 is 0 Å². The molecule has 1 heterocycles. The first-order valence-electron chi connectivity index (χ1n) is 6.36. The Labute approximate surface area is 116 Å². The fraction of sp³-hybridized carbons (Fsp3) is 0.286. The number of amidine groups is 1. The number of aromatic nitrogens is 2. The first-order chi connectivity index (χ1) is 9.16. The van der Waals surface area contributed by atoms with Crippen molar-refractivity contribution in [3.63, 3.8) is 0 Å². The highest BCUT2D eigenvalue weighted by Crippen LogP contribution is 2.27. The molecule has 0 amide bonds. The van der Waals surface area contributed by atoms with E-state index in [1.807, 2.05) is 18.5 Å². The molecule has 0 fully saturated rings. The Balaban J connectivity index is 2.07. The van der Waals surface area contributed by atoms with Crippen LogP contribution in [0.5, 0.6) is 0 Å². The monoisotopic (exact) mass is 274 g/mol. The number of imidazole rings is 1. The second-order valence-electron chi connectivity index (χ2n) is 4.79. The molecule has 1 aromatic heterocycles. The molecule has 1 aliphatic carbocycles. The molecular weight excluding hydrogens is 260 g/mol. The van der Waals surface area contributed by atoms with Gasteiger partial charge < -0.3 is 10.3 Å². The van der Waals surface area contributed by atoms with Gasteiger partial charge in [-0.15, -0.1) is 0 Å². The van der Waals surface area contributed by atoms with E-state index in [-0.39, 0.29) is 5.84 Å². The molecule has 3 N–H and O–H groups in total. The van der Waals surface area contributed by atoms with E-state index < -0.39 is 0 Å². The number of aryl methyl sites for hydroxylation is 1. The molecule has 0 aliphatic heterocycles. The highest BCUT2D eigenvalue weighted by atomic mass is 35.5. The van der Waals surface area contributed by atoms with Crippen LogP contribution in [-0.4, -0.2) is 15.4 Å². The van der Waals surface area contributed by atoms with E-state index in [1.165, 1.54) is 24.2 Å². The third kappa shape index (κ3) is 2.12. The average Bonchev–Trinajstić information content (AvgIpc) is 2.82. The summed E-state index contributed by atoms with van der Waals surface area (Å²) in [6, 6.07) is 5.45. The van der Waals surface area contributed by atoms with Crippen molar-refractivity contribution >= 4 is 17.4 Å². The van der Waals surface area contributed by atoms with Crippen molar-refractivity contribution in [2.45, 2.75) is 25.7 Å². The number of hydrogen-bond donors (Lipinski definition) is 2. The molecule has 1 aliphatic rings. The Hall–Kier alpha value is -1.81.